The third-order valence-electron chi connectivity index (χ3n) is 0.695. The standard InChI is InChI=1S/C6H12Br2Te/c1-5(7)3-9-4-6(2)8/h5-6H,3-4H2,1-2H3. The molecule has 0 aliphatic carbocycles. The summed E-state index contributed by atoms with van der Waals surface area (Å²) in [4.78, 5) is 1.48. The molecule has 0 aromatic rings. The van der Waals surface area contributed by atoms with E-state index in [1.807, 2.05) is 0 Å². The van der Waals surface area contributed by atoms with Gasteiger partial charge in [-0.05, 0) is 0 Å². The minimum absolute atomic E-state index is 0.293. The van der Waals surface area contributed by atoms with Gasteiger partial charge in [-0.3, -0.25) is 0 Å². The first-order valence-corrected chi connectivity index (χ1v) is 8.11. The van der Waals surface area contributed by atoms with E-state index in [1.165, 1.54) is 8.94 Å². The summed E-state index contributed by atoms with van der Waals surface area (Å²) in [5.74, 6) is 0. The van der Waals surface area contributed by atoms with Crippen molar-refractivity contribution in [2.24, 2.45) is 0 Å². The second-order valence-electron chi connectivity index (χ2n) is 2.10. The van der Waals surface area contributed by atoms with E-state index >= 15 is 0 Å². The van der Waals surface area contributed by atoms with Crippen LogP contribution in [0.25, 0.3) is 0 Å². The maximum absolute atomic E-state index is 3.54. The summed E-state index contributed by atoms with van der Waals surface area (Å²) in [7, 11) is 0. The Morgan fingerprint density at radius 1 is 1.11 bits per heavy atom. The molecule has 0 radical (unpaired) electrons. The van der Waals surface area contributed by atoms with Crippen molar-refractivity contribution in [2.75, 3.05) is 0 Å². The Kier molecular flexibility index (Phi) is 7.71. The first kappa shape index (κ1) is 10.7. The molecule has 3 heteroatoms. The van der Waals surface area contributed by atoms with Crippen molar-refractivity contribution in [1.82, 2.24) is 0 Å². The summed E-state index contributed by atoms with van der Waals surface area (Å²) in [5.41, 5.74) is 0. The van der Waals surface area contributed by atoms with Gasteiger partial charge in [-0.1, -0.05) is 0 Å². The van der Waals surface area contributed by atoms with Crippen LogP contribution in [0.3, 0.4) is 0 Å². The summed E-state index contributed by atoms with van der Waals surface area (Å²) < 4.78 is 2.84. The Morgan fingerprint density at radius 2 is 1.44 bits per heavy atom. The molecule has 0 spiro atoms. The van der Waals surface area contributed by atoms with E-state index in [4.69, 9.17) is 0 Å². The number of hydrogen-bond donors (Lipinski definition) is 0. The first-order chi connectivity index (χ1) is 4.13. The quantitative estimate of drug-likeness (QED) is 0.526. The van der Waals surface area contributed by atoms with E-state index in [9.17, 15) is 0 Å². The summed E-state index contributed by atoms with van der Waals surface area (Å²) >= 11 is 7.38. The van der Waals surface area contributed by atoms with E-state index in [0.29, 0.717) is 20.9 Å². The molecule has 2 atom stereocenters. The summed E-state index contributed by atoms with van der Waals surface area (Å²) in [6, 6.07) is 0. The third kappa shape index (κ3) is 9.75. The zero-order valence-corrected chi connectivity index (χ0v) is 11.2. The van der Waals surface area contributed by atoms with Gasteiger partial charge in [-0.15, -0.1) is 0 Å². The molecule has 0 aliphatic rings. The Morgan fingerprint density at radius 3 is 1.67 bits per heavy atom. The molecule has 9 heavy (non-hydrogen) atoms. The average molecular weight is 372 g/mol. The van der Waals surface area contributed by atoms with Gasteiger partial charge in [0.05, 0.1) is 0 Å². The molecule has 0 aromatic carbocycles. The molecular weight excluding hydrogens is 359 g/mol. The normalized spacial score (nSPS) is 17.3. The van der Waals surface area contributed by atoms with Gasteiger partial charge in [-0.25, -0.2) is 0 Å². The Labute approximate surface area is 84.5 Å². The predicted octanol–water partition coefficient (Wildman–Crippen LogP) is 3.09. The van der Waals surface area contributed by atoms with Gasteiger partial charge in [0.2, 0.25) is 0 Å². The molecule has 0 saturated heterocycles. The molecule has 0 fully saturated rings. The van der Waals surface area contributed by atoms with Crippen LogP contribution in [0.15, 0.2) is 0 Å². The fraction of sp³-hybridized carbons (Fsp3) is 1.00. The van der Waals surface area contributed by atoms with Gasteiger partial charge in [-0.2, -0.15) is 0 Å². The van der Waals surface area contributed by atoms with Gasteiger partial charge in [0.1, 0.15) is 0 Å². The van der Waals surface area contributed by atoms with Gasteiger partial charge in [0, 0.05) is 0 Å². The van der Waals surface area contributed by atoms with Crippen molar-refractivity contribution < 1.29 is 0 Å². The molecule has 2 unspecified atom stereocenters. The number of alkyl halides is 2. The zero-order chi connectivity index (χ0) is 7.28. The van der Waals surface area contributed by atoms with Gasteiger partial charge < -0.3 is 0 Å². The Balaban J connectivity index is 2.91. The summed E-state index contributed by atoms with van der Waals surface area (Å²) in [5, 5.41) is 0. The monoisotopic (exact) mass is 372 g/mol. The molecule has 0 bridgehead atoms. The number of rotatable bonds is 4. The first-order valence-electron chi connectivity index (χ1n) is 2.98. The summed E-state index contributed by atoms with van der Waals surface area (Å²) in [6.45, 7) is 4.45. The molecular formula is C6H12Br2Te. The van der Waals surface area contributed by atoms with Crippen LogP contribution in [0.4, 0.5) is 0 Å². The van der Waals surface area contributed by atoms with Gasteiger partial charge in [0.15, 0.2) is 0 Å². The van der Waals surface area contributed by atoms with E-state index in [0.717, 1.165) is 9.65 Å². The van der Waals surface area contributed by atoms with Crippen molar-refractivity contribution in [3.8, 4) is 0 Å². The molecule has 0 heterocycles. The molecule has 56 valence electrons. The second-order valence-corrected chi connectivity index (χ2v) is 8.29. The topological polar surface area (TPSA) is 0 Å². The van der Waals surface area contributed by atoms with E-state index in [2.05, 4.69) is 45.7 Å². The van der Waals surface area contributed by atoms with Crippen molar-refractivity contribution in [3.63, 3.8) is 0 Å². The molecule has 0 N–H and O–H groups in total. The summed E-state index contributed by atoms with van der Waals surface area (Å²) in [6.07, 6.45) is 0. The molecule has 0 aliphatic heterocycles. The van der Waals surface area contributed by atoms with Crippen LogP contribution in [0.2, 0.25) is 8.94 Å². The molecule has 0 nitrogen and oxygen atoms in total. The zero-order valence-electron chi connectivity index (χ0n) is 5.73. The van der Waals surface area contributed by atoms with Crippen LogP contribution in [0, 0.1) is 0 Å². The second kappa shape index (κ2) is 6.46. The fourth-order valence-electron chi connectivity index (χ4n) is 0.393. The molecule has 0 amide bonds. The van der Waals surface area contributed by atoms with Crippen LogP contribution < -0.4 is 0 Å². The van der Waals surface area contributed by atoms with Crippen molar-refractivity contribution in [2.45, 2.75) is 32.4 Å². The maximum atomic E-state index is 3.54. The van der Waals surface area contributed by atoms with E-state index in [-0.39, 0.29) is 0 Å². The SMILES string of the molecule is CC(Br)C[Te]CC(C)Br. The van der Waals surface area contributed by atoms with E-state index < -0.39 is 0 Å². The van der Waals surface area contributed by atoms with Crippen molar-refractivity contribution >= 4 is 52.8 Å². The molecule has 0 aromatic heterocycles. The third-order valence-corrected chi connectivity index (χ3v) is 8.21. The van der Waals surface area contributed by atoms with Crippen LogP contribution in [0.5, 0.6) is 0 Å². The Bertz CT molecular complexity index is 56.1. The number of halogens is 2. The van der Waals surface area contributed by atoms with Crippen molar-refractivity contribution in [3.05, 3.63) is 0 Å². The fourth-order valence-corrected chi connectivity index (χ4v) is 5.14. The van der Waals surface area contributed by atoms with E-state index in [1.54, 1.807) is 0 Å². The minimum atomic E-state index is 0.293. The van der Waals surface area contributed by atoms with Crippen LogP contribution in [0.1, 0.15) is 13.8 Å². The predicted molar refractivity (Wildman–Crippen MR) is 52.1 cm³/mol. The molecule has 0 saturated carbocycles. The van der Waals surface area contributed by atoms with Crippen LogP contribution in [-0.2, 0) is 0 Å². The number of hydrogen-bond acceptors (Lipinski definition) is 0. The van der Waals surface area contributed by atoms with Gasteiger partial charge in [0.25, 0.3) is 0 Å². The van der Waals surface area contributed by atoms with Crippen molar-refractivity contribution in [1.29, 1.82) is 0 Å². The average Bonchev–Trinajstić information content (AvgIpc) is 1.63. The van der Waals surface area contributed by atoms with Gasteiger partial charge >= 0.3 is 85.2 Å². The Hall–Kier alpha value is 1.75. The van der Waals surface area contributed by atoms with Crippen LogP contribution in [-0.4, -0.2) is 30.6 Å². The molecule has 0 rings (SSSR count). The van der Waals surface area contributed by atoms with Crippen LogP contribution >= 0.6 is 31.9 Å².